The Kier molecular flexibility index (Phi) is 10.3. The van der Waals surface area contributed by atoms with Crippen molar-refractivity contribution in [3.63, 3.8) is 0 Å². The number of benzene rings is 3. The third kappa shape index (κ3) is 7.52. The van der Waals surface area contributed by atoms with E-state index in [2.05, 4.69) is 20.8 Å². The van der Waals surface area contributed by atoms with Gasteiger partial charge in [0, 0.05) is 27.9 Å². The summed E-state index contributed by atoms with van der Waals surface area (Å²) in [5.41, 5.74) is 2.64. The van der Waals surface area contributed by atoms with Crippen LogP contribution >= 0.6 is 46.6 Å². The van der Waals surface area contributed by atoms with Crippen LogP contribution in [0.1, 0.15) is 24.5 Å². The van der Waals surface area contributed by atoms with Crippen molar-refractivity contribution in [1.29, 1.82) is 0 Å². The Morgan fingerprint density at radius 2 is 1.73 bits per heavy atom. The highest BCUT2D eigenvalue weighted by atomic mass is 35.5. The maximum absolute atomic E-state index is 6.58. The van der Waals surface area contributed by atoms with Crippen molar-refractivity contribution in [1.82, 2.24) is 25.5 Å². The average Bonchev–Trinajstić information content (AvgIpc) is 3.36. The number of para-hydroxylation sites is 1. The molecule has 0 aliphatic carbocycles. The van der Waals surface area contributed by atoms with Crippen LogP contribution in [0.2, 0.25) is 15.1 Å². The number of ether oxygens (including phenoxy) is 2. The Morgan fingerprint density at radius 1 is 0.946 bits per heavy atom. The van der Waals surface area contributed by atoms with E-state index in [0.29, 0.717) is 45.3 Å². The zero-order valence-electron chi connectivity index (χ0n) is 20.2. The van der Waals surface area contributed by atoms with E-state index in [1.54, 1.807) is 34.6 Å². The quantitative estimate of drug-likeness (QED) is 0.137. The number of nitrogens with zero attached hydrogens (tertiary/aromatic N) is 4. The maximum atomic E-state index is 6.58. The molecule has 0 saturated heterocycles. The molecular weight excluding hydrogens is 553 g/mol. The summed E-state index contributed by atoms with van der Waals surface area (Å²) in [4.78, 5) is 0. The third-order valence-electron chi connectivity index (χ3n) is 5.29. The van der Waals surface area contributed by atoms with Crippen molar-refractivity contribution in [2.45, 2.75) is 31.7 Å². The van der Waals surface area contributed by atoms with Gasteiger partial charge in [-0.25, -0.2) is 0 Å². The van der Waals surface area contributed by atoms with Crippen LogP contribution in [0.15, 0.2) is 65.8 Å². The van der Waals surface area contributed by atoms with Gasteiger partial charge in [0.05, 0.1) is 17.3 Å². The topological polar surface area (TPSA) is 74.1 Å². The number of halogens is 3. The molecule has 0 bridgehead atoms. The van der Waals surface area contributed by atoms with E-state index >= 15 is 0 Å². The van der Waals surface area contributed by atoms with E-state index in [1.165, 1.54) is 0 Å². The first-order valence-corrected chi connectivity index (χ1v) is 13.9. The summed E-state index contributed by atoms with van der Waals surface area (Å²) in [6, 6.07) is 19.0. The molecule has 0 atom stereocenters. The van der Waals surface area contributed by atoms with Gasteiger partial charge in [-0.2, -0.15) is 4.68 Å². The number of rotatable bonds is 13. The van der Waals surface area contributed by atoms with Gasteiger partial charge in [-0.05, 0) is 72.3 Å². The highest BCUT2D eigenvalue weighted by Gasteiger charge is 2.15. The molecule has 0 spiro atoms. The average molecular weight is 579 g/mol. The summed E-state index contributed by atoms with van der Waals surface area (Å²) < 4.78 is 13.6. The monoisotopic (exact) mass is 577 g/mol. The second kappa shape index (κ2) is 13.9. The Morgan fingerprint density at radius 3 is 2.49 bits per heavy atom. The minimum absolute atomic E-state index is 0.182. The predicted molar refractivity (Wildman–Crippen MR) is 150 cm³/mol. The van der Waals surface area contributed by atoms with Gasteiger partial charge in [0.1, 0.15) is 6.61 Å². The standard InChI is InChI=1S/C26H26Cl3N5O2S/c1-2-35-24-15-18(14-23(29)25(24)36-17-20-21(27)10-6-11-22(20)28)16-30-12-7-13-37-26-31-32-33-34(26)19-8-4-3-5-9-19/h3-6,8-11,14-15,30H,2,7,12-13,16-17H2,1H3. The molecule has 1 N–H and O–H groups in total. The highest BCUT2D eigenvalue weighted by Crippen LogP contribution is 2.38. The van der Waals surface area contributed by atoms with Gasteiger partial charge in [-0.15, -0.1) is 5.10 Å². The molecule has 0 amide bonds. The van der Waals surface area contributed by atoms with Crippen LogP contribution < -0.4 is 14.8 Å². The maximum Gasteiger partial charge on any atom is 0.214 e. The molecule has 0 aliphatic rings. The minimum Gasteiger partial charge on any atom is -0.490 e. The normalized spacial score (nSPS) is 11.0. The Labute approximate surface area is 235 Å². The molecule has 194 valence electrons. The largest absolute Gasteiger partial charge is 0.490 e. The van der Waals surface area contributed by atoms with E-state index in [0.717, 1.165) is 35.1 Å². The fraction of sp³-hybridized carbons (Fsp3) is 0.269. The smallest absolute Gasteiger partial charge is 0.214 e. The summed E-state index contributed by atoms with van der Waals surface area (Å²) >= 11 is 20.7. The van der Waals surface area contributed by atoms with Gasteiger partial charge in [0.25, 0.3) is 0 Å². The molecule has 0 saturated carbocycles. The summed E-state index contributed by atoms with van der Waals surface area (Å²) in [6.07, 6.45) is 0.943. The van der Waals surface area contributed by atoms with Crippen LogP contribution in [0.25, 0.3) is 5.69 Å². The van der Waals surface area contributed by atoms with E-state index in [1.807, 2.05) is 49.4 Å². The van der Waals surface area contributed by atoms with Crippen LogP contribution in [-0.2, 0) is 13.2 Å². The van der Waals surface area contributed by atoms with Gasteiger partial charge in [0.15, 0.2) is 11.5 Å². The lowest BCUT2D eigenvalue weighted by atomic mass is 10.2. The summed E-state index contributed by atoms with van der Waals surface area (Å²) in [5.74, 6) is 1.93. The van der Waals surface area contributed by atoms with Crippen molar-refractivity contribution in [3.8, 4) is 17.2 Å². The number of aromatic nitrogens is 4. The second-order valence-corrected chi connectivity index (χ2v) is 10.2. The molecule has 1 aromatic heterocycles. The second-order valence-electron chi connectivity index (χ2n) is 7.91. The molecule has 0 unspecified atom stereocenters. The summed E-state index contributed by atoms with van der Waals surface area (Å²) in [6.45, 7) is 4.05. The zero-order chi connectivity index (χ0) is 26.0. The lowest BCUT2D eigenvalue weighted by molar-refractivity contribution is 0.269. The molecule has 3 aromatic carbocycles. The van der Waals surface area contributed by atoms with Crippen LogP contribution in [-0.4, -0.2) is 39.1 Å². The van der Waals surface area contributed by atoms with Crippen molar-refractivity contribution < 1.29 is 9.47 Å². The molecular formula is C26H26Cl3N5O2S. The van der Waals surface area contributed by atoms with E-state index in [9.17, 15) is 0 Å². The predicted octanol–water partition coefficient (Wildman–Crippen LogP) is 6.87. The highest BCUT2D eigenvalue weighted by molar-refractivity contribution is 7.99. The fourth-order valence-electron chi connectivity index (χ4n) is 3.53. The molecule has 7 nitrogen and oxygen atoms in total. The van der Waals surface area contributed by atoms with Crippen molar-refractivity contribution in [3.05, 3.63) is 86.9 Å². The number of tetrazole rings is 1. The first-order chi connectivity index (χ1) is 18.1. The molecule has 4 aromatic rings. The molecule has 0 radical (unpaired) electrons. The van der Waals surface area contributed by atoms with Crippen LogP contribution in [0.3, 0.4) is 0 Å². The Bertz CT molecular complexity index is 1290. The lowest BCUT2D eigenvalue weighted by Gasteiger charge is -2.16. The van der Waals surface area contributed by atoms with Crippen LogP contribution in [0.4, 0.5) is 0 Å². The molecule has 1 heterocycles. The van der Waals surface area contributed by atoms with E-state index < -0.39 is 0 Å². The number of thioether (sulfide) groups is 1. The summed E-state index contributed by atoms with van der Waals surface area (Å²) in [5, 5.41) is 17.8. The Hall–Kier alpha value is -2.49. The molecule has 4 rings (SSSR count). The number of hydrogen-bond acceptors (Lipinski definition) is 7. The molecule has 0 fully saturated rings. The van der Waals surface area contributed by atoms with Gasteiger partial charge >= 0.3 is 0 Å². The lowest BCUT2D eigenvalue weighted by Crippen LogP contribution is -2.15. The SMILES string of the molecule is CCOc1cc(CNCCCSc2nnnn2-c2ccccc2)cc(Cl)c1OCc1c(Cl)cccc1Cl. The first-order valence-electron chi connectivity index (χ1n) is 11.7. The number of hydrogen-bond donors (Lipinski definition) is 1. The first kappa shape index (κ1) is 27.5. The fourth-order valence-corrected chi connectivity index (χ4v) is 5.16. The zero-order valence-corrected chi connectivity index (χ0v) is 23.2. The van der Waals surface area contributed by atoms with Gasteiger partial charge < -0.3 is 14.8 Å². The van der Waals surface area contributed by atoms with Crippen LogP contribution in [0.5, 0.6) is 11.5 Å². The van der Waals surface area contributed by atoms with Gasteiger partial charge in [0.2, 0.25) is 5.16 Å². The van der Waals surface area contributed by atoms with Crippen molar-refractivity contribution in [2.75, 3.05) is 18.9 Å². The van der Waals surface area contributed by atoms with Crippen LogP contribution in [0, 0.1) is 0 Å². The molecule has 0 aliphatic heterocycles. The Balaban J connectivity index is 1.28. The van der Waals surface area contributed by atoms with Gasteiger partial charge in [-0.1, -0.05) is 70.8 Å². The minimum atomic E-state index is 0.182. The van der Waals surface area contributed by atoms with Crippen molar-refractivity contribution >= 4 is 46.6 Å². The third-order valence-corrected chi connectivity index (χ3v) is 7.29. The van der Waals surface area contributed by atoms with E-state index in [-0.39, 0.29) is 6.61 Å². The van der Waals surface area contributed by atoms with Gasteiger partial charge in [-0.3, -0.25) is 0 Å². The van der Waals surface area contributed by atoms with Crippen molar-refractivity contribution in [2.24, 2.45) is 0 Å². The molecule has 11 heteroatoms. The molecule has 37 heavy (non-hydrogen) atoms. The summed E-state index contributed by atoms with van der Waals surface area (Å²) in [7, 11) is 0. The number of nitrogens with one attached hydrogen (secondary N) is 1. The van der Waals surface area contributed by atoms with E-state index in [4.69, 9.17) is 44.3 Å².